The van der Waals surface area contributed by atoms with Crippen molar-refractivity contribution in [2.24, 2.45) is 11.7 Å². The Bertz CT molecular complexity index is 643. The van der Waals surface area contributed by atoms with E-state index in [9.17, 15) is 4.79 Å². The van der Waals surface area contributed by atoms with Gasteiger partial charge in [-0.15, -0.1) is 0 Å². The maximum Gasteiger partial charge on any atom is 0.225 e. The minimum Gasteiger partial charge on any atom is -0.352 e. The highest BCUT2D eigenvalue weighted by atomic mass is 79.9. The van der Waals surface area contributed by atoms with Crippen LogP contribution in [0.4, 0.5) is 0 Å². The molecule has 4 heteroatoms. The highest BCUT2D eigenvalue weighted by Gasteiger charge is 2.21. The third-order valence-electron chi connectivity index (χ3n) is 3.89. The van der Waals surface area contributed by atoms with Crippen LogP contribution in [0.1, 0.15) is 29.7 Å². The Morgan fingerprint density at radius 3 is 2.55 bits per heavy atom. The highest BCUT2D eigenvalue weighted by Crippen LogP contribution is 2.20. The van der Waals surface area contributed by atoms with E-state index in [2.05, 4.69) is 21.2 Å². The summed E-state index contributed by atoms with van der Waals surface area (Å²) in [5, 5.41) is 2.98. The SMILES string of the molecule is Cc1cc(Br)ccc1CNC(=O)C(C)C(N)c1ccccc1. The second-order valence-corrected chi connectivity index (χ2v) is 6.43. The molecule has 2 atom stereocenters. The Labute approximate surface area is 140 Å². The molecule has 1 amide bonds. The zero-order valence-corrected chi connectivity index (χ0v) is 14.4. The number of benzene rings is 2. The molecule has 2 rings (SSSR count). The summed E-state index contributed by atoms with van der Waals surface area (Å²) in [6, 6.07) is 15.5. The minimum absolute atomic E-state index is 0.0290. The van der Waals surface area contributed by atoms with Crippen molar-refractivity contribution in [3.63, 3.8) is 0 Å². The smallest absolute Gasteiger partial charge is 0.225 e. The van der Waals surface area contributed by atoms with Crippen LogP contribution in [-0.4, -0.2) is 5.91 Å². The van der Waals surface area contributed by atoms with Gasteiger partial charge >= 0.3 is 0 Å². The Morgan fingerprint density at radius 1 is 1.23 bits per heavy atom. The van der Waals surface area contributed by atoms with Gasteiger partial charge in [-0.3, -0.25) is 4.79 Å². The molecule has 2 aromatic carbocycles. The van der Waals surface area contributed by atoms with Crippen LogP contribution in [0.15, 0.2) is 53.0 Å². The van der Waals surface area contributed by atoms with Gasteiger partial charge in [0.2, 0.25) is 5.91 Å². The van der Waals surface area contributed by atoms with Crippen LogP contribution in [0.25, 0.3) is 0 Å². The lowest BCUT2D eigenvalue weighted by Crippen LogP contribution is -2.35. The molecular formula is C18H21BrN2O. The van der Waals surface area contributed by atoms with E-state index in [0.29, 0.717) is 6.54 Å². The van der Waals surface area contributed by atoms with Gasteiger partial charge in [-0.25, -0.2) is 0 Å². The summed E-state index contributed by atoms with van der Waals surface area (Å²) in [6.45, 7) is 4.41. The maximum atomic E-state index is 12.3. The largest absolute Gasteiger partial charge is 0.352 e. The van der Waals surface area contributed by atoms with Gasteiger partial charge in [0.25, 0.3) is 0 Å². The first-order valence-electron chi connectivity index (χ1n) is 7.32. The second-order valence-electron chi connectivity index (χ2n) is 5.51. The number of nitrogens with two attached hydrogens (primary N) is 1. The van der Waals surface area contributed by atoms with Crippen LogP contribution < -0.4 is 11.1 Å². The van der Waals surface area contributed by atoms with E-state index in [0.717, 1.165) is 21.2 Å². The molecule has 116 valence electrons. The second kappa shape index (κ2) is 7.56. The van der Waals surface area contributed by atoms with Gasteiger partial charge < -0.3 is 11.1 Å². The van der Waals surface area contributed by atoms with Gasteiger partial charge in [0, 0.05) is 17.1 Å². The summed E-state index contributed by atoms with van der Waals surface area (Å²) < 4.78 is 1.04. The maximum absolute atomic E-state index is 12.3. The molecule has 0 saturated heterocycles. The summed E-state index contributed by atoms with van der Waals surface area (Å²) in [4.78, 5) is 12.3. The summed E-state index contributed by atoms with van der Waals surface area (Å²) >= 11 is 3.44. The molecule has 0 radical (unpaired) electrons. The summed E-state index contributed by atoms with van der Waals surface area (Å²) in [5.41, 5.74) is 9.42. The lowest BCUT2D eigenvalue weighted by Gasteiger charge is -2.20. The molecule has 0 saturated carbocycles. The average Bonchev–Trinajstić information content (AvgIpc) is 2.53. The number of amides is 1. The predicted molar refractivity (Wildman–Crippen MR) is 93.3 cm³/mol. The molecule has 0 spiro atoms. The van der Waals surface area contributed by atoms with E-state index in [1.165, 1.54) is 0 Å². The minimum atomic E-state index is -0.299. The Balaban J connectivity index is 1.97. The quantitative estimate of drug-likeness (QED) is 0.853. The molecule has 2 aromatic rings. The zero-order valence-electron chi connectivity index (χ0n) is 12.8. The third kappa shape index (κ3) is 4.18. The van der Waals surface area contributed by atoms with Crippen molar-refractivity contribution in [1.82, 2.24) is 5.32 Å². The molecule has 0 aliphatic rings. The number of carbonyl (C=O) groups excluding carboxylic acids is 1. The van der Waals surface area contributed by atoms with E-state index in [-0.39, 0.29) is 17.9 Å². The van der Waals surface area contributed by atoms with Crippen molar-refractivity contribution in [2.45, 2.75) is 26.4 Å². The number of nitrogens with one attached hydrogen (secondary N) is 1. The standard InChI is InChI=1S/C18H21BrN2O/c1-12-10-16(19)9-8-15(12)11-21-18(22)13(2)17(20)14-6-4-3-5-7-14/h3-10,13,17H,11,20H2,1-2H3,(H,21,22). The monoisotopic (exact) mass is 360 g/mol. The third-order valence-corrected chi connectivity index (χ3v) is 4.39. The van der Waals surface area contributed by atoms with Crippen molar-refractivity contribution in [3.05, 3.63) is 69.7 Å². The van der Waals surface area contributed by atoms with Gasteiger partial charge in [0.15, 0.2) is 0 Å². The van der Waals surface area contributed by atoms with Gasteiger partial charge in [-0.1, -0.05) is 59.3 Å². The topological polar surface area (TPSA) is 55.1 Å². The Kier molecular flexibility index (Phi) is 5.75. The lowest BCUT2D eigenvalue weighted by molar-refractivity contribution is -0.125. The first kappa shape index (κ1) is 16.7. The van der Waals surface area contributed by atoms with E-state index in [1.54, 1.807) is 0 Å². The summed E-state index contributed by atoms with van der Waals surface area (Å²) in [5.74, 6) is -0.308. The molecule has 2 unspecified atom stereocenters. The molecule has 22 heavy (non-hydrogen) atoms. The van der Waals surface area contributed by atoms with Crippen molar-refractivity contribution in [2.75, 3.05) is 0 Å². The molecule has 0 bridgehead atoms. The van der Waals surface area contributed by atoms with Crippen molar-refractivity contribution >= 4 is 21.8 Å². The van der Waals surface area contributed by atoms with Gasteiger partial charge in [0.1, 0.15) is 0 Å². The number of halogens is 1. The average molecular weight is 361 g/mol. The van der Waals surface area contributed by atoms with Crippen LogP contribution in [0.3, 0.4) is 0 Å². The molecule has 0 aromatic heterocycles. The molecule has 0 aliphatic carbocycles. The number of hydrogen-bond donors (Lipinski definition) is 2. The van der Waals surface area contributed by atoms with Crippen molar-refractivity contribution in [1.29, 1.82) is 0 Å². The molecule has 0 fully saturated rings. The summed E-state index contributed by atoms with van der Waals surface area (Å²) in [6.07, 6.45) is 0. The van der Waals surface area contributed by atoms with Gasteiger partial charge in [-0.2, -0.15) is 0 Å². The highest BCUT2D eigenvalue weighted by molar-refractivity contribution is 9.10. The fourth-order valence-electron chi connectivity index (χ4n) is 2.33. The fraction of sp³-hybridized carbons (Fsp3) is 0.278. The molecule has 0 aliphatic heterocycles. The van der Waals surface area contributed by atoms with Gasteiger partial charge in [-0.05, 0) is 35.7 Å². The number of carbonyl (C=O) groups is 1. The van der Waals surface area contributed by atoms with Crippen LogP contribution in [0, 0.1) is 12.8 Å². The molecule has 3 N–H and O–H groups in total. The predicted octanol–water partition coefficient (Wildman–Crippen LogP) is 3.71. The number of aryl methyl sites for hydroxylation is 1. The Morgan fingerprint density at radius 2 is 1.91 bits per heavy atom. The molecular weight excluding hydrogens is 340 g/mol. The zero-order chi connectivity index (χ0) is 16.1. The van der Waals surface area contributed by atoms with E-state index < -0.39 is 0 Å². The summed E-state index contributed by atoms with van der Waals surface area (Å²) in [7, 11) is 0. The van der Waals surface area contributed by atoms with Crippen molar-refractivity contribution in [3.8, 4) is 0 Å². The normalized spacial score (nSPS) is 13.5. The number of rotatable bonds is 5. The first-order valence-corrected chi connectivity index (χ1v) is 8.11. The Hall–Kier alpha value is -1.65. The van der Waals surface area contributed by atoms with Crippen LogP contribution in [0.2, 0.25) is 0 Å². The van der Waals surface area contributed by atoms with Crippen LogP contribution in [-0.2, 0) is 11.3 Å². The number of hydrogen-bond acceptors (Lipinski definition) is 2. The fourth-order valence-corrected chi connectivity index (χ4v) is 2.80. The van der Waals surface area contributed by atoms with Gasteiger partial charge in [0.05, 0.1) is 5.92 Å². The van der Waals surface area contributed by atoms with E-state index >= 15 is 0 Å². The van der Waals surface area contributed by atoms with Crippen molar-refractivity contribution < 1.29 is 4.79 Å². The first-order chi connectivity index (χ1) is 10.5. The van der Waals surface area contributed by atoms with Crippen LogP contribution >= 0.6 is 15.9 Å². The van der Waals surface area contributed by atoms with E-state index in [1.807, 2.05) is 62.4 Å². The lowest BCUT2D eigenvalue weighted by atomic mass is 9.94. The van der Waals surface area contributed by atoms with E-state index in [4.69, 9.17) is 5.73 Å². The molecule has 3 nitrogen and oxygen atoms in total. The van der Waals surface area contributed by atoms with Crippen LogP contribution in [0.5, 0.6) is 0 Å². The molecule has 0 heterocycles.